The maximum atomic E-state index is 13.1. The number of hydrogen-bond acceptors (Lipinski definition) is 5. The van der Waals surface area contributed by atoms with Gasteiger partial charge in [-0.2, -0.15) is 0 Å². The predicted molar refractivity (Wildman–Crippen MR) is 125 cm³/mol. The van der Waals surface area contributed by atoms with Gasteiger partial charge in [-0.1, -0.05) is 30.3 Å². The summed E-state index contributed by atoms with van der Waals surface area (Å²) < 4.78 is 31.0. The number of carbonyl (C=O) groups is 2. The third-order valence-electron chi connectivity index (χ3n) is 5.10. The summed E-state index contributed by atoms with van der Waals surface area (Å²) in [5, 5.41) is 2.58. The molecule has 2 aromatic carbocycles. The third kappa shape index (κ3) is 6.98. The molecule has 0 spiro atoms. The Balaban J connectivity index is 2.14. The van der Waals surface area contributed by atoms with Gasteiger partial charge >= 0.3 is 0 Å². The van der Waals surface area contributed by atoms with Gasteiger partial charge in [0.2, 0.25) is 21.8 Å². The predicted octanol–water partition coefficient (Wildman–Crippen LogP) is 2.40. The number of nitrogens with zero attached hydrogens (tertiary/aromatic N) is 2. The Morgan fingerprint density at radius 3 is 2.38 bits per heavy atom. The molecule has 0 unspecified atom stereocenters. The molecule has 0 saturated heterocycles. The van der Waals surface area contributed by atoms with Gasteiger partial charge in [-0.25, -0.2) is 8.42 Å². The molecule has 0 saturated carbocycles. The van der Waals surface area contributed by atoms with Crippen LogP contribution in [0.3, 0.4) is 0 Å². The highest BCUT2D eigenvalue weighted by atomic mass is 32.2. The van der Waals surface area contributed by atoms with Crippen LogP contribution >= 0.6 is 0 Å². The van der Waals surface area contributed by atoms with Gasteiger partial charge in [0.05, 0.1) is 19.1 Å². The summed E-state index contributed by atoms with van der Waals surface area (Å²) in [6, 6.07) is 15.4. The molecule has 32 heavy (non-hydrogen) atoms. The number of anilines is 1. The van der Waals surface area contributed by atoms with Crippen LogP contribution in [0.25, 0.3) is 0 Å². The first-order valence-corrected chi connectivity index (χ1v) is 12.2. The number of ether oxygens (including phenoxy) is 1. The van der Waals surface area contributed by atoms with Crippen LogP contribution in [0.5, 0.6) is 5.75 Å². The van der Waals surface area contributed by atoms with E-state index in [4.69, 9.17) is 4.74 Å². The quantitative estimate of drug-likeness (QED) is 0.554. The lowest BCUT2D eigenvalue weighted by molar-refractivity contribution is -0.140. The summed E-state index contributed by atoms with van der Waals surface area (Å²) in [6.07, 6.45) is 1.56. The van der Waals surface area contributed by atoms with Crippen LogP contribution in [-0.2, 0) is 26.2 Å². The molecule has 2 rings (SSSR count). The van der Waals surface area contributed by atoms with Crippen LogP contribution in [0, 0.1) is 0 Å². The summed E-state index contributed by atoms with van der Waals surface area (Å²) in [5.74, 6) is 0.155. The van der Waals surface area contributed by atoms with Crippen molar-refractivity contribution in [3.63, 3.8) is 0 Å². The average molecular weight is 462 g/mol. The molecule has 0 radical (unpaired) electrons. The zero-order valence-corrected chi connectivity index (χ0v) is 19.8. The van der Waals surface area contributed by atoms with Crippen molar-refractivity contribution in [2.24, 2.45) is 0 Å². The number of rotatable bonds is 11. The molecule has 2 aromatic rings. The van der Waals surface area contributed by atoms with Crippen LogP contribution in [0.2, 0.25) is 0 Å². The minimum Gasteiger partial charge on any atom is -0.497 e. The molecule has 2 amide bonds. The lowest BCUT2D eigenvalue weighted by Gasteiger charge is -2.29. The van der Waals surface area contributed by atoms with E-state index >= 15 is 0 Å². The molecule has 1 atom stereocenters. The van der Waals surface area contributed by atoms with Crippen LogP contribution in [0.4, 0.5) is 5.69 Å². The first kappa shape index (κ1) is 25.2. The summed E-state index contributed by atoms with van der Waals surface area (Å²) in [6.45, 7) is 2.07. The summed E-state index contributed by atoms with van der Waals surface area (Å²) >= 11 is 0. The fourth-order valence-corrected chi connectivity index (χ4v) is 4.32. The fraction of sp³-hybridized carbons (Fsp3) is 0.391. The topological polar surface area (TPSA) is 96.0 Å². The molecule has 1 N–H and O–H groups in total. The highest BCUT2D eigenvalue weighted by Gasteiger charge is 2.26. The number of para-hydroxylation sites is 1. The molecule has 0 fully saturated rings. The van der Waals surface area contributed by atoms with Crippen molar-refractivity contribution in [2.45, 2.75) is 32.4 Å². The number of hydrogen-bond donors (Lipinski definition) is 1. The van der Waals surface area contributed by atoms with Crippen molar-refractivity contribution in [1.29, 1.82) is 0 Å². The Morgan fingerprint density at radius 2 is 1.78 bits per heavy atom. The van der Waals surface area contributed by atoms with E-state index in [0.717, 1.165) is 11.8 Å². The number of sulfonamides is 1. The van der Waals surface area contributed by atoms with Gasteiger partial charge in [0, 0.05) is 26.6 Å². The van der Waals surface area contributed by atoms with Crippen molar-refractivity contribution in [3.8, 4) is 5.75 Å². The lowest BCUT2D eigenvalue weighted by atomic mass is 10.1. The second-order valence-electron chi connectivity index (χ2n) is 7.44. The maximum Gasteiger partial charge on any atom is 0.242 e. The zero-order valence-electron chi connectivity index (χ0n) is 18.9. The Kier molecular flexibility index (Phi) is 9.07. The van der Waals surface area contributed by atoms with Gasteiger partial charge in [0.15, 0.2) is 0 Å². The van der Waals surface area contributed by atoms with E-state index in [2.05, 4.69) is 5.32 Å². The van der Waals surface area contributed by atoms with E-state index in [1.807, 2.05) is 24.3 Å². The van der Waals surface area contributed by atoms with Crippen molar-refractivity contribution in [2.75, 3.05) is 31.3 Å². The highest BCUT2D eigenvalue weighted by Crippen LogP contribution is 2.19. The summed E-state index contributed by atoms with van der Waals surface area (Å²) in [5.41, 5.74) is 1.38. The molecular weight excluding hydrogens is 430 g/mol. The van der Waals surface area contributed by atoms with Gasteiger partial charge in [-0.15, -0.1) is 0 Å². The van der Waals surface area contributed by atoms with E-state index in [9.17, 15) is 18.0 Å². The molecule has 0 aliphatic heterocycles. The Labute approximate surface area is 190 Å². The monoisotopic (exact) mass is 461 g/mol. The molecule has 8 nitrogen and oxygen atoms in total. The highest BCUT2D eigenvalue weighted by molar-refractivity contribution is 7.92. The van der Waals surface area contributed by atoms with Crippen molar-refractivity contribution in [3.05, 3.63) is 60.2 Å². The standard InChI is InChI=1S/C23H31N3O5S/c1-18(23(28)24-2)25(17-19-10-8-13-21(16-19)31-3)22(27)14-9-15-26(32(4,29)30)20-11-6-5-7-12-20/h5-8,10-13,16,18H,9,14-15,17H2,1-4H3,(H,24,28)/t18-/m1/s1. The minimum atomic E-state index is -3.50. The zero-order chi connectivity index (χ0) is 23.7. The second-order valence-corrected chi connectivity index (χ2v) is 9.34. The third-order valence-corrected chi connectivity index (χ3v) is 6.29. The van der Waals surface area contributed by atoms with Gasteiger partial charge in [0.25, 0.3) is 0 Å². The normalized spacial score (nSPS) is 12.0. The van der Waals surface area contributed by atoms with E-state index < -0.39 is 16.1 Å². The molecule has 0 aliphatic carbocycles. The number of benzene rings is 2. The number of carbonyl (C=O) groups excluding carboxylic acids is 2. The van der Waals surface area contributed by atoms with Crippen molar-refractivity contribution >= 4 is 27.5 Å². The Morgan fingerprint density at radius 1 is 1.09 bits per heavy atom. The van der Waals surface area contributed by atoms with E-state index in [1.165, 1.54) is 16.3 Å². The van der Waals surface area contributed by atoms with Crippen molar-refractivity contribution < 1.29 is 22.7 Å². The van der Waals surface area contributed by atoms with E-state index in [0.29, 0.717) is 17.9 Å². The summed E-state index contributed by atoms with van der Waals surface area (Å²) in [7, 11) is -0.406. The molecule has 9 heteroatoms. The number of likely N-dealkylation sites (N-methyl/N-ethyl adjacent to an activating group) is 1. The number of nitrogens with one attached hydrogen (secondary N) is 1. The lowest BCUT2D eigenvalue weighted by Crippen LogP contribution is -2.46. The maximum absolute atomic E-state index is 13.1. The summed E-state index contributed by atoms with van der Waals surface area (Å²) in [4.78, 5) is 26.8. The van der Waals surface area contributed by atoms with Gasteiger partial charge < -0.3 is 15.0 Å². The van der Waals surface area contributed by atoms with Gasteiger partial charge in [-0.3, -0.25) is 13.9 Å². The van der Waals surface area contributed by atoms with E-state index in [-0.39, 0.29) is 31.3 Å². The van der Waals surface area contributed by atoms with Gasteiger partial charge in [0.1, 0.15) is 11.8 Å². The SMILES string of the molecule is CNC(=O)[C@@H](C)N(Cc1cccc(OC)c1)C(=O)CCCN(c1ccccc1)S(C)(=O)=O. The Hall–Kier alpha value is -3.07. The fourth-order valence-electron chi connectivity index (χ4n) is 3.36. The van der Waals surface area contributed by atoms with Crippen LogP contribution < -0.4 is 14.4 Å². The smallest absolute Gasteiger partial charge is 0.242 e. The van der Waals surface area contributed by atoms with Crippen LogP contribution in [0.1, 0.15) is 25.3 Å². The first-order valence-electron chi connectivity index (χ1n) is 10.3. The molecule has 0 bridgehead atoms. The number of methoxy groups -OCH3 is 1. The molecule has 0 aromatic heterocycles. The van der Waals surface area contributed by atoms with E-state index in [1.54, 1.807) is 44.4 Å². The molecule has 0 aliphatic rings. The molecule has 0 heterocycles. The van der Waals surface area contributed by atoms with Crippen LogP contribution in [-0.4, -0.2) is 58.1 Å². The average Bonchev–Trinajstić information content (AvgIpc) is 2.79. The minimum absolute atomic E-state index is 0.101. The van der Waals surface area contributed by atoms with Crippen LogP contribution in [0.15, 0.2) is 54.6 Å². The largest absolute Gasteiger partial charge is 0.497 e. The Bertz CT molecular complexity index is 1010. The second kappa shape index (κ2) is 11.5. The first-order chi connectivity index (χ1) is 15.2. The van der Waals surface area contributed by atoms with Gasteiger partial charge in [-0.05, 0) is 43.2 Å². The van der Waals surface area contributed by atoms with Crippen molar-refractivity contribution in [1.82, 2.24) is 10.2 Å². The number of amides is 2. The molecular formula is C23H31N3O5S. The molecule has 174 valence electrons.